The molecule has 1 aliphatic carbocycles. The van der Waals surface area contributed by atoms with Gasteiger partial charge in [0.2, 0.25) is 0 Å². The lowest BCUT2D eigenvalue weighted by Gasteiger charge is -2.19. The molecule has 1 aromatic heterocycles. The van der Waals surface area contributed by atoms with E-state index in [2.05, 4.69) is 29.3 Å². The summed E-state index contributed by atoms with van der Waals surface area (Å²) in [7, 11) is 4.15. The second-order valence-corrected chi connectivity index (χ2v) is 7.07. The maximum absolute atomic E-state index is 12.4. The molecule has 1 aromatic carbocycles. The van der Waals surface area contributed by atoms with Gasteiger partial charge < -0.3 is 15.3 Å². The van der Waals surface area contributed by atoms with Crippen molar-refractivity contribution in [3.05, 3.63) is 59.4 Å². The van der Waals surface area contributed by atoms with Gasteiger partial charge >= 0.3 is 5.97 Å². The lowest BCUT2D eigenvalue weighted by molar-refractivity contribution is 0.0691. The third kappa shape index (κ3) is 3.91. The van der Waals surface area contributed by atoms with Crippen LogP contribution >= 0.6 is 0 Å². The van der Waals surface area contributed by atoms with E-state index in [0.717, 1.165) is 13.0 Å². The van der Waals surface area contributed by atoms with E-state index >= 15 is 0 Å². The number of benzene rings is 1. The Bertz CT molecular complexity index is 811. The quantitative estimate of drug-likeness (QED) is 0.799. The number of carboxylic acids is 1. The topological polar surface area (TPSA) is 82.5 Å². The first-order valence-electron chi connectivity index (χ1n) is 8.66. The van der Waals surface area contributed by atoms with Gasteiger partial charge in [0.25, 0.3) is 5.91 Å². The Hall–Kier alpha value is -2.73. The molecule has 6 nitrogen and oxygen atoms in total. The predicted octanol–water partition coefficient (Wildman–Crippen LogP) is 3.02. The Morgan fingerprint density at radius 1 is 1.19 bits per heavy atom. The van der Waals surface area contributed by atoms with Gasteiger partial charge in [0.1, 0.15) is 0 Å². The van der Waals surface area contributed by atoms with Crippen molar-refractivity contribution >= 4 is 17.6 Å². The fourth-order valence-electron chi connectivity index (χ4n) is 3.12. The van der Waals surface area contributed by atoms with Crippen LogP contribution in [0.25, 0.3) is 0 Å². The number of aromatic carboxylic acids is 1. The number of rotatable bonds is 7. The molecule has 26 heavy (non-hydrogen) atoms. The molecule has 1 amide bonds. The predicted molar refractivity (Wildman–Crippen MR) is 99.7 cm³/mol. The summed E-state index contributed by atoms with van der Waals surface area (Å²) in [5.41, 5.74) is 2.04. The fraction of sp³-hybridized carbons (Fsp3) is 0.350. The van der Waals surface area contributed by atoms with Crippen molar-refractivity contribution in [2.24, 2.45) is 0 Å². The maximum atomic E-state index is 12.4. The molecule has 1 fully saturated rings. The van der Waals surface area contributed by atoms with Gasteiger partial charge in [-0.15, -0.1) is 0 Å². The van der Waals surface area contributed by atoms with Gasteiger partial charge in [0, 0.05) is 11.8 Å². The number of hydrogen-bond acceptors (Lipinski definition) is 4. The van der Waals surface area contributed by atoms with Crippen molar-refractivity contribution in [3.8, 4) is 0 Å². The maximum Gasteiger partial charge on any atom is 0.356 e. The Balaban J connectivity index is 1.71. The average molecular weight is 353 g/mol. The van der Waals surface area contributed by atoms with Crippen LogP contribution in [0.15, 0.2) is 42.6 Å². The van der Waals surface area contributed by atoms with E-state index in [4.69, 9.17) is 5.11 Å². The van der Waals surface area contributed by atoms with E-state index in [-0.39, 0.29) is 22.7 Å². The largest absolute Gasteiger partial charge is 0.476 e. The highest BCUT2D eigenvalue weighted by Crippen LogP contribution is 2.51. The van der Waals surface area contributed by atoms with Crippen LogP contribution in [0.4, 0.5) is 5.69 Å². The SMILES string of the molecule is CN(C)CCC1(c2ccc(C(=O)Nc3cccnc3C(=O)O)cc2)CC1. The molecule has 0 unspecified atom stereocenters. The number of aromatic nitrogens is 1. The average Bonchev–Trinajstić information content (AvgIpc) is 3.41. The van der Waals surface area contributed by atoms with Crippen LogP contribution in [0, 0.1) is 0 Å². The molecule has 1 heterocycles. The van der Waals surface area contributed by atoms with Gasteiger partial charge in [0.05, 0.1) is 5.69 Å². The van der Waals surface area contributed by atoms with Crippen LogP contribution in [-0.4, -0.2) is 47.5 Å². The summed E-state index contributed by atoms with van der Waals surface area (Å²) in [4.78, 5) is 29.6. The molecule has 136 valence electrons. The smallest absolute Gasteiger partial charge is 0.356 e. The van der Waals surface area contributed by atoms with Crippen molar-refractivity contribution in [2.45, 2.75) is 24.7 Å². The molecule has 0 atom stereocenters. The van der Waals surface area contributed by atoms with Gasteiger partial charge in [0.15, 0.2) is 5.69 Å². The minimum atomic E-state index is -1.17. The summed E-state index contributed by atoms with van der Waals surface area (Å²) in [5, 5.41) is 11.8. The zero-order chi connectivity index (χ0) is 18.7. The molecule has 0 saturated heterocycles. The van der Waals surface area contributed by atoms with Crippen molar-refractivity contribution in [3.63, 3.8) is 0 Å². The summed E-state index contributed by atoms with van der Waals surface area (Å²) in [5.74, 6) is -1.52. The Morgan fingerprint density at radius 3 is 2.46 bits per heavy atom. The van der Waals surface area contributed by atoms with E-state index in [1.54, 1.807) is 18.2 Å². The van der Waals surface area contributed by atoms with Crippen molar-refractivity contribution in [2.75, 3.05) is 26.0 Å². The minimum absolute atomic E-state index is 0.168. The van der Waals surface area contributed by atoms with E-state index in [9.17, 15) is 9.59 Å². The number of nitrogens with zero attached hydrogens (tertiary/aromatic N) is 2. The number of anilines is 1. The third-order valence-corrected chi connectivity index (χ3v) is 4.91. The fourth-order valence-corrected chi connectivity index (χ4v) is 3.12. The van der Waals surface area contributed by atoms with Crippen LogP contribution in [0.3, 0.4) is 0 Å². The molecule has 1 aliphatic rings. The monoisotopic (exact) mass is 353 g/mol. The van der Waals surface area contributed by atoms with E-state index in [0.29, 0.717) is 5.56 Å². The second-order valence-electron chi connectivity index (χ2n) is 7.07. The van der Waals surface area contributed by atoms with Crippen LogP contribution in [0.1, 0.15) is 45.7 Å². The molecule has 2 aromatic rings. The number of carboxylic acid groups (broad SMARTS) is 1. The Kier molecular flexibility index (Phi) is 5.04. The van der Waals surface area contributed by atoms with Crippen molar-refractivity contribution < 1.29 is 14.7 Å². The zero-order valence-corrected chi connectivity index (χ0v) is 15.0. The van der Waals surface area contributed by atoms with Crippen LogP contribution in [0.2, 0.25) is 0 Å². The summed E-state index contributed by atoms with van der Waals surface area (Å²) in [6.45, 7) is 1.04. The van der Waals surface area contributed by atoms with Gasteiger partial charge in [-0.05, 0) is 75.1 Å². The van der Waals surface area contributed by atoms with E-state index < -0.39 is 5.97 Å². The summed E-state index contributed by atoms with van der Waals surface area (Å²) >= 11 is 0. The minimum Gasteiger partial charge on any atom is -0.476 e. The molecule has 0 spiro atoms. The van der Waals surface area contributed by atoms with Gasteiger partial charge in [-0.3, -0.25) is 4.79 Å². The number of pyridine rings is 1. The van der Waals surface area contributed by atoms with Gasteiger partial charge in [-0.2, -0.15) is 0 Å². The highest BCUT2D eigenvalue weighted by atomic mass is 16.4. The van der Waals surface area contributed by atoms with E-state index in [1.807, 2.05) is 12.1 Å². The molecular formula is C20H23N3O3. The highest BCUT2D eigenvalue weighted by Gasteiger charge is 2.43. The number of carbonyl (C=O) groups is 2. The summed E-state index contributed by atoms with van der Waals surface area (Å²) in [6.07, 6.45) is 4.87. The van der Waals surface area contributed by atoms with Crippen LogP contribution in [-0.2, 0) is 5.41 Å². The molecular weight excluding hydrogens is 330 g/mol. The number of hydrogen-bond donors (Lipinski definition) is 2. The van der Waals surface area contributed by atoms with Crippen molar-refractivity contribution in [1.29, 1.82) is 0 Å². The lowest BCUT2D eigenvalue weighted by Crippen LogP contribution is -2.20. The van der Waals surface area contributed by atoms with Crippen LogP contribution in [0.5, 0.6) is 0 Å². The molecule has 0 radical (unpaired) electrons. The molecule has 6 heteroatoms. The number of carbonyl (C=O) groups excluding carboxylic acids is 1. The Morgan fingerprint density at radius 2 is 1.88 bits per heavy atom. The first-order chi connectivity index (χ1) is 12.4. The zero-order valence-electron chi connectivity index (χ0n) is 15.0. The lowest BCUT2D eigenvalue weighted by atomic mass is 9.91. The van der Waals surface area contributed by atoms with Crippen molar-refractivity contribution in [1.82, 2.24) is 9.88 Å². The first-order valence-corrected chi connectivity index (χ1v) is 8.66. The second kappa shape index (κ2) is 7.25. The summed E-state index contributed by atoms with van der Waals surface area (Å²) < 4.78 is 0. The molecule has 0 bridgehead atoms. The van der Waals surface area contributed by atoms with Gasteiger partial charge in [-0.25, -0.2) is 9.78 Å². The molecule has 0 aliphatic heterocycles. The first kappa shape index (κ1) is 18.1. The standard InChI is InChI=1S/C20H23N3O3/c1-23(2)13-11-20(9-10-20)15-7-5-14(6-8-15)18(24)22-16-4-3-12-21-17(16)19(25)26/h3-8,12H,9-11,13H2,1-2H3,(H,22,24)(H,25,26). The normalized spacial score (nSPS) is 14.9. The molecule has 2 N–H and O–H groups in total. The number of nitrogens with one attached hydrogen (secondary N) is 1. The molecule has 1 saturated carbocycles. The highest BCUT2D eigenvalue weighted by molar-refractivity contribution is 6.07. The number of amides is 1. The summed E-state index contributed by atoms with van der Waals surface area (Å²) in [6, 6.07) is 10.8. The Labute approximate surface area is 152 Å². The third-order valence-electron chi connectivity index (χ3n) is 4.91. The molecule has 3 rings (SSSR count). The van der Waals surface area contributed by atoms with Gasteiger partial charge in [-0.1, -0.05) is 12.1 Å². The van der Waals surface area contributed by atoms with Crippen LogP contribution < -0.4 is 5.32 Å². The van der Waals surface area contributed by atoms with E-state index in [1.165, 1.54) is 30.7 Å².